The summed E-state index contributed by atoms with van der Waals surface area (Å²) in [5, 5.41) is 0. The van der Waals surface area contributed by atoms with E-state index >= 15 is 0 Å². The molecule has 2 rings (SSSR count). The zero-order valence-corrected chi connectivity index (χ0v) is 9.36. The third-order valence-corrected chi connectivity index (χ3v) is 2.30. The van der Waals surface area contributed by atoms with Crippen molar-refractivity contribution >= 4 is 6.01 Å². The standard InChI is InChI=1S/C12H14N2O2/c1-3-15-9-4-5-10(8(2)6-9)11-7-14-12(13)16-11/h4-7H,3H2,1-2H3,(H2,13,14). The van der Waals surface area contributed by atoms with Gasteiger partial charge in [-0.15, -0.1) is 0 Å². The first kappa shape index (κ1) is 10.5. The fourth-order valence-electron chi connectivity index (χ4n) is 1.58. The highest BCUT2D eigenvalue weighted by Crippen LogP contribution is 2.27. The number of benzene rings is 1. The lowest BCUT2D eigenvalue weighted by atomic mass is 10.1. The second kappa shape index (κ2) is 4.26. The molecule has 0 atom stereocenters. The summed E-state index contributed by atoms with van der Waals surface area (Å²) in [5.41, 5.74) is 7.49. The maximum absolute atomic E-state index is 5.44. The van der Waals surface area contributed by atoms with Gasteiger partial charge in [0.1, 0.15) is 5.75 Å². The van der Waals surface area contributed by atoms with E-state index in [9.17, 15) is 0 Å². The van der Waals surface area contributed by atoms with E-state index in [0.717, 1.165) is 16.9 Å². The second-order valence-corrected chi connectivity index (χ2v) is 3.47. The van der Waals surface area contributed by atoms with Crippen molar-refractivity contribution in [2.45, 2.75) is 13.8 Å². The van der Waals surface area contributed by atoms with Crippen LogP contribution >= 0.6 is 0 Å². The first-order valence-electron chi connectivity index (χ1n) is 5.16. The molecule has 0 fully saturated rings. The number of hydrogen-bond donors (Lipinski definition) is 1. The number of hydrogen-bond acceptors (Lipinski definition) is 4. The van der Waals surface area contributed by atoms with E-state index in [-0.39, 0.29) is 6.01 Å². The largest absolute Gasteiger partial charge is 0.494 e. The van der Waals surface area contributed by atoms with Gasteiger partial charge in [-0.1, -0.05) is 0 Å². The molecule has 0 bridgehead atoms. The molecule has 1 aromatic heterocycles. The molecule has 0 saturated heterocycles. The molecule has 4 heteroatoms. The van der Waals surface area contributed by atoms with Crippen LogP contribution in [0.1, 0.15) is 12.5 Å². The number of nitrogens with zero attached hydrogens (tertiary/aromatic N) is 1. The van der Waals surface area contributed by atoms with E-state index in [1.165, 1.54) is 0 Å². The molecule has 0 aliphatic rings. The average Bonchev–Trinajstić information content (AvgIpc) is 2.65. The van der Waals surface area contributed by atoms with Crippen molar-refractivity contribution in [1.29, 1.82) is 0 Å². The molecule has 84 valence electrons. The highest BCUT2D eigenvalue weighted by molar-refractivity contribution is 5.63. The van der Waals surface area contributed by atoms with Gasteiger partial charge in [0.05, 0.1) is 12.8 Å². The molecule has 0 unspecified atom stereocenters. The summed E-state index contributed by atoms with van der Waals surface area (Å²) in [6.45, 7) is 4.62. The summed E-state index contributed by atoms with van der Waals surface area (Å²) in [6, 6.07) is 6.01. The number of nitrogens with two attached hydrogens (primary N) is 1. The van der Waals surface area contributed by atoms with Gasteiger partial charge in [-0.2, -0.15) is 0 Å². The topological polar surface area (TPSA) is 61.3 Å². The zero-order chi connectivity index (χ0) is 11.5. The van der Waals surface area contributed by atoms with Crippen LogP contribution in [-0.2, 0) is 0 Å². The lowest BCUT2D eigenvalue weighted by Crippen LogP contribution is -1.92. The van der Waals surface area contributed by atoms with Gasteiger partial charge in [0.15, 0.2) is 5.76 Å². The van der Waals surface area contributed by atoms with Crippen LogP contribution in [0, 0.1) is 6.92 Å². The number of anilines is 1. The first-order valence-corrected chi connectivity index (χ1v) is 5.16. The molecule has 0 amide bonds. The quantitative estimate of drug-likeness (QED) is 0.860. The van der Waals surface area contributed by atoms with Gasteiger partial charge in [0.25, 0.3) is 6.01 Å². The Morgan fingerprint density at radius 2 is 2.25 bits per heavy atom. The van der Waals surface area contributed by atoms with Crippen LogP contribution in [0.25, 0.3) is 11.3 Å². The van der Waals surface area contributed by atoms with E-state index in [0.29, 0.717) is 12.4 Å². The highest BCUT2D eigenvalue weighted by atomic mass is 16.5. The summed E-state index contributed by atoms with van der Waals surface area (Å²) >= 11 is 0. The van der Waals surface area contributed by atoms with Gasteiger partial charge in [-0.25, -0.2) is 4.98 Å². The summed E-state index contributed by atoms with van der Waals surface area (Å²) in [6.07, 6.45) is 1.62. The molecular formula is C12H14N2O2. The number of aromatic nitrogens is 1. The van der Waals surface area contributed by atoms with Gasteiger partial charge in [-0.3, -0.25) is 0 Å². The SMILES string of the molecule is CCOc1ccc(-c2cnc(N)o2)c(C)c1. The van der Waals surface area contributed by atoms with E-state index in [4.69, 9.17) is 14.9 Å². The predicted octanol–water partition coefficient (Wildman–Crippen LogP) is 2.63. The Morgan fingerprint density at radius 1 is 1.44 bits per heavy atom. The molecule has 1 heterocycles. The summed E-state index contributed by atoms with van der Waals surface area (Å²) < 4.78 is 10.7. The van der Waals surface area contributed by atoms with Crippen molar-refractivity contribution in [3.63, 3.8) is 0 Å². The van der Waals surface area contributed by atoms with E-state index in [2.05, 4.69) is 4.98 Å². The Balaban J connectivity index is 2.36. The monoisotopic (exact) mass is 218 g/mol. The first-order chi connectivity index (χ1) is 7.70. The number of ether oxygens (including phenoxy) is 1. The van der Waals surface area contributed by atoms with Crippen molar-refractivity contribution < 1.29 is 9.15 Å². The van der Waals surface area contributed by atoms with Crippen molar-refractivity contribution in [1.82, 2.24) is 4.98 Å². The lowest BCUT2D eigenvalue weighted by Gasteiger charge is -2.06. The molecule has 0 aliphatic heterocycles. The highest BCUT2D eigenvalue weighted by Gasteiger charge is 2.08. The van der Waals surface area contributed by atoms with E-state index in [1.54, 1.807) is 6.20 Å². The fraction of sp³-hybridized carbons (Fsp3) is 0.250. The van der Waals surface area contributed by atoms with Crippen LogP contribution in [0.5, 0.6) is 5.75 Å². The van der Waals surface area contributed by atoms with E-state index in [1.807, 2.05) is 32.0 Å². The molecule has 16 heavy (non-hydrogen) atoms. The minimum absolute atomic E-state index is 0.184. The van der Waals surface area contributed by atoms with Crippen LogP contribution in [-0.4, -0.2) is 11.6 Å². The molecule has 0 saturated carbocycles. The Bertz CT molecular complexity index is 492. The Kier molecular flexibility index (Phi) is 2.81. The van der Waals surface area contributed by atoms with Crippen LogP contribution in [0.15, 0.2) is 28.8 Å². The van der Waals surface area contributed by atoms with E-state index < -0.39 is 0 Å². The van der Waals surface area contributed by atoms with Crippen molar-refractivity contribution in [2.24, 2.45) is 0 Å². The average molecular weight is 218 g/mol. The van der Waals surface area contributed by atoms with Gasteiger partial charge in [0, 0.05) is 5.56 Å². The summed E-state index contributed by atoms with van der Waals surface area (Å²) in [7, 11) is 0. The maximum Gasteiger partial charge on any atom is 0.292 e. The van der Waals surface area contributed by atoms with Gasteiger partial charge in [0.2, 0.25) is 0 Å². The van der Waals surface area contributed by atoms with Crippen LogP contribution in [0.3, 0.4) is 0 Å². The third kappa shape index (κ3) is 2.00. The maximum atomic E-state index is 5.44. The molecule has 1 aromatic carbocycles. The molecule has 0 spiro atoms. The minimum atomic E-state index is 0.184. The minimum Gasteiger partial charge on any atom is -0.494 e. The fourth-order valence-corrected chi connectivity index (χ4v) is 1.58. The molecule has 2 aromatic rings. The Labute approximate surface area is 94.1 Å². The third-order valence-electron chi connectivity index (χ3n) is 2.30. The normalized spacial score (nSPS) is 10.4. The van der Waals surface area contributed by atoms with Crippen LogP contribution < -0.4 is 10.5 Å². The number of aryl methyl sites for hydroxylation is 1. The van der Waals surface area contributed by atoms with Crippen LogP contribution in [0.4, 0.5) is 6.01 Å². The Morgan fingerprint density at radius 3 is 2.81 bits per heavy atom. The number of nitrogen functional groups attached to an aromatic ring is 1. The predicted molar refractivity (Wildman–Crippen MR) is 62.3 cm³/mol. The van der Waals surface area contributed by atoms with Crippen LogP contribution in [0.2, 0.25) is 0 Å². The summed E-state index contributed by atoms with van der Waals surface area (Å²) in [4.78, 5) is 3.87. The molecule has 0 radical (unpaired) electrons. The Hall–Kier alpha value is -1.97. The van der Waals surface area contributed by atoms with Gasteiger partial charge >= 0.3 is 0 Å². The number of oxazole rings is 1. The smallest absolute Gasteiger partial charge is 0.292 e. The van der Waals surface area contributed by atoms with Gasteiger partial charge in [-0.05, 0) is 37.6 Å². The number of rotatable bonds is 3. The summed E-state index contributed by atoms with van der Waals surface area (Å²) in [5.74, 6) is 1.54. The van der Waals surface area contributed by atoms with Gasteiger partial charge < -0.3 is 14.9 Å². The van der Waals surface area contributed by atoms with Crippen molar-refractivity contribution in [3.05, 3.63) is 30.0 Å². The zero-order valence-electron chi connectivity index (χ0n) is 9.36. The van der Waals surface area contributed by atoms with Crippen molar-refractivity contribution in [2.75, 3.05) is 12.3 Å². The second-order valence-electron chi connectivity index (χ2n) is 3.47. The molecule has 0 aliphatic carbocycles. The lowest BCUT2D eigenvalue weighted by molar-refractivity contribution is 0.340. The molecular weight excluding hydrogens is 204 g/mol. The molecule has 4 nitrogen and oxygen atoms in total. The van der Waals surface area contributed by atoms with Crippen molar-refractivity contribution in [3.8, 4) is 17.1 Å². The molecule has 2 N–H and O–H groups in total.